The van der Waals surface area contributed by atoms with Crippen molar-refractivity contribution in [3.05, 3.63) is 45.0 Å². The van der Waals surface area contributed by atoms with Crippen LogP contribution in [-0.2, 0) is 14.3 Å². The molecule has 190 valence electrons. The van der Waals surface area contributed by atoms with Crippen LogP contribution in [0.25, 0.3) is 6.08 Å². The van der Waals surface area contributed by atoms with Crippen molar-refractivity contribution in [2.45, 2.75) is 38.7 Å². The van der Waals surface area contributed by atoms with Crippen molar-refractivity contribution in [1.29, 1.82) is 0 Å². The summed E-state index contributed by atoms with van der Waals surface area (Å²) in [5.74, 6) is -4.22. The second-order valence-corrected chi connectivity index (χ2v) is 9.65. The van der Waals surface area contributed by atoms with Crippen LogP contribution in [0.15, 0.2) is 39.4 Å². The van der Waals surface area contributed by atoms with E-state index in [4.69, 9.17) is 0 Å². The maximum atomic E-state index is 12.9. The first-order valence-electron chi connectivity index (χ1n) is 11.4. The number of nitrogens with zero attached hydrogens (tertiary/aromatic N) is 1. The minimum Gasteiger partial charge on any atom is -0.507 e. The van der Waals surface area contributed by atoms with Gasteiger partial charge in [-0.05, 0) is 55.0 Å². The summed E-state index contributed by atoms with van der Waals surface area (Å²) in [4.78, 5) is 38.2. The molecule has 4 atom stereocenters. The molecule has 3 amide bonds. The number of hydrogen-bond acceptors (Lipinski definition) is 8. The van der Waals surface area contributed by atoms with E-state index >= 15 is 0 Å². The third kappa shape index (κ3) is 5.35. The van der Waals surface area contributed by atoms with Crippen LogP contribution in [0.4, 0.5) is 4.79 Å². The van der Waals surface area contributed by atoms with Gasteiger partial charge in [-0.2, -0.15) is 4.90 Å². The number of halogens is 1. The van der Waals surface area contributed by atoms with Gasteiger partial charge in [0.05, 0.1) is 38.3 Å². The molecule has 0 aromatic heterocycles. The maximum Gasteiger partial charge on any atom is 0.423 e. The lowest BCUT2D eigenvalue weighted by Crippen LogP contribution is -2.40. The maximum absolute atomic E-state index is 12.9. The van der Waals surface area contributed by atoms with Crippen molar-refractivity contribution in [2.75, 3.05) is 20.3 Å². The first-order chi connectivity index (χ1) is 16.7. The van der Waals surface area contributed by atoms with E-state index in [-0.39, 0.29) is 18.6 Å². The molecule has 0 radical (unpaired) electrons. The van der Waals surface area contributed by atoms with Crippen molar-refractivity contribution in [3.63, 3.8) is 0 Å². The average molecular weight is 552 g/mol. The quantitative estimate of drug-likeness (QED) is 0.285. The van der Waals surface area contributed by atoms with Crippen LogP contribution in [0, 0.1) is 17.8 Å². The Labute approximate surface area is 211 Å². The summed E-state index contributed by atoms with van der Waals surface area (Å²) in [6.07, 6.45) is 1.04. The van der Waals surface area contributed by atoms with E-state index in [1.165, 1.54) is 0 Å². The van der Waals surface area contributed by atoms with E-state index < -0.39 is 55.0 Å². The topological polar surface area (TPSA) is 145 Å². The Morgan fingerprint density at radius 1 is 1.29 bits per heavy atom. The number of rotatable bonds is 8. The number of aliphatic hydroxyl groups is 3. The highest BCUT2D eigenvalue weighted by atomic mass is 79.9. The third-order valence-electron chi connectivity index (χ3n) is 6.83. The molecular formula is C25H30BrNO8. The largest absolute Gasteiger partial charge is 0.507 e. The molecule has 0 bridgehead atoms. The number of aromatic hydroxyl groups is 1. The van der Waals surface area contributed by atoms with Crippen LogP contribution in [0.5, 0.6) is 5.75 Å². The predicted molar refractivity (Wildman–Crippen MR) is 130 cm³/mol. The van der Waals surface area contributed by atoms with Crippen LogP contribution in [0.1, 0.15) is 38.2 Å². The molecule has 1 aliphatic heterocycles. The summed E-state index contributed by atoms with van der Waals surface area (Å²) < 4.78 is 5.38. The number of imide groups is 3. The fraction of sp³-hybridized carbons (Fsp3) is 0.480. The third-order valence-corrected chi connectivity index (χ3v) is 7.32. The number of phenolic OH excluding ortho intramolecular Hbond substituents is 1. The van der Waals surface area contributed by atoms with Crippen molar-refractivity contribution >= 4 is 39.9 Å². The van der Waals surface area contributed by atoms with Crippen LogP contribution >= 0.6 is 15.9 Å². The second kappa shape index (κ2) is 11.5. The molecule has 35 heavy (non-hydrogen) atoms. The van der Waals surface area contributed by atoms with E-state index in [0.717, 1.165) is 17.2 Å². The Bertz CT molecular complexity index is 1070. The number of carbonyl (C=O) groups is 3. The predicted octanol–water partition coefficient (Wildman–Crippen LogP) is 2.76. The number of fused-ring (bicyclic) bond motifs is 1. The van der Waals surface area contributed by atoms with Crippen molar-refractivity contribution in [1.82, 2.24) is 4.90 Å². The molecule has 1 aliphatic carbocycles. The molecule has 0 saturated carbocycles. The van der Waals surface area contributed by atoms with Crippen LogP contribution < -0.4 is 0 Å². The van der Waals surface area contributed by atoms with Crippen molar-refractivity contribution in [3.8, 4) is 5.75 Å². The van der Waals surface area contributed by atoms with Gasteiger partial charge in [0.1, 0.15) is 5.75 Å². The van der Waals surface area contributed by atoms with Gasteiger partial charge in [0, 0.05) is 16.0 Å². The van der Waals surface area contributed by atoms with Gasteiger partial charge < -0.3 is 25.2 Å². The van der Waals surface area contributed by atoms with Gasteiger partial charge >= 0.3 is 6.09 Å². The number of hydrogen-bond donors (Lipinski definition) is 4. The lowest BCUT2D eigenvalue weighted by Gasteiger charge is -2.36. The van der Waals surface area contributed by atoms with Gasteiger partial charge in [0.15, 0.2) is 0 Å². The molecule has 1 heterocycles. The molecule has 9 nitrogen and oxygen atoms in total. The summed E-state index contributed by atoms with van der Waals surface area (Å²) in [5.41, 5.74) is 2.32. The Morgan fingerprint density at radius 2 is 2.00 bits per heavy atom. The number of phenols is 1. The van der Waals surface area contributed by atoms with Gasteiger partial charge in [0.2, 0.25) is 11.8 Å². The number of likely N-dealkylation sites (tertiary alicyclic amines) is 1. The lowest BCUT2D eigenvalue weighted by molar-refractivity contribution is -0.137. The number of methoxy groups -OCH3 is 1. The number of benzene rings is 1. The zero-order valence-electron chi connectivity index (χ0n) is 19.6. The fourth-order valence-electron chi connectivity index (χ4n) is 5.07. The summed E-state index contributed by atoms with van der Waals surface area (Å²) >= 11 is 3.38. The highest BCUT2D eigenvalue weighted by Gasteiger charge is 2.57. The number of carbonyl (C=O) groups excluding carboxylic acids is 3. The molecule has 1 aromatic carbocycles. The number of allylic oxidation sites excluding steroid dienone is 1. The summed E-state index contributed by atoms with van der Waals surface area (Å²) in [6, 6.07) is 5.09. The van der Waals surface area contributed by atoms with E-state index in [2.05, 4.69) is 20.7 Å². The number of amides is 3. The average Bonchev–Trinajstić information content (AvgIpc) is 3.11. The molecule has 1 fully saturated rings. The summed E-state index contributed by atoms with van der Waals surface area (Å²) in [7, 11) is 1.06. The highest BCUT2D eigenvalue weighted by Crippen LogP contribution is 2.46. The van der Waals surface area contributed by atoms with Gasteiger partial charge in [-0.15, -0.1) is 0 Å². The monoisotopic (exact) mass is 551 g/mol. The molecule has 4 N–H and O–H groups in total. The van der Waals surface area contributed by atoms with E-state index in [1.54, 1.807) is 18.2 Å². The van der Waals surface area contributed by atoms with Gasteiger partial charge in [-0.3, -0.25) is 9.59 Å². The molecule has 1 saturated heterocycles. The molecular weight excluding hydrogens is 522 g/mol. The zero-order chi connectivity index (χ0) is 25.9. The lowest BCUT2D eigenvalue weighted by atomic mass is 9.68. The first-order valence-corrected chi connectivity index (χ1v) is 12.2. The number of ether oxygens (including phenoxy) is 1. The second-order valence-electron chi connectivity index (χ2n) is 8.74. The first kappa shape index (κ1) is 27.1. The van der Waals surface area contributed by atoms with Gasteiger partial charge in [0.25, 0.3) is 0 Å². The van der Waals surface area contributed by atoms with Crippen LogP contribution in [0.3, 0.4) is 0 Å². The van der Waals surface area contributed by atoms with Crippen LogP contribution in [0.2, 0.25) is 0 Å². The SMILES string of the molecule is CC/C(=C\c1cc(Br)ccc1O)CC[C@@H](O)C1=C(CO)C[C@H]2C(=O)N(C(=O)OC)C(=O)[C@H]2[C@H]1CO. The van der Waals surface area contributed by atoms with Gasteiger partial charge in [-0.25, -0.2) is 4.79 Å². The minimum absolute atomic E-state index is 0.00448. The van der Waals surface area contributed by atoms with Crippen molar-refractivity contribution in [2.24, 2.45) is 17.8 Å². The fourth-order valence-corrected chi connectivity index (χ4v) is 5.44. The molecule has 1 aromatic rings. The number of aliphatic hydroxyl groups excluding tert-OH is 3. The molecule has 3 rings (SSSR count). The van der Waals surface area contributed by atoms with Crippen LogP contribution in [-0.4, -0.2) is 69.7 Å². The molecule has 2 aliphatic rings. The van der Waals surface area contributed by atoms with E-state index in [0.29, 0.717) is 34.5 Å². The van der Waals surface area contributed by atoms with E-state index in [9.17, 15) is 34.8 Å². The summed E-state index contributed by atoms with van der Waals surface area (Å²) in [5, 5.41) is 41.4. The standard InChI is InChI=1S/C25H30BrNO8/c1-3-13(8-14-9-16(26)5-7-19(14)30)4-6-20(31)21-15(11-28)10-17-22(18(21)12-29)24(33)27(23(17)32)25(34)35-2/h5,7-9,17-18,20,22,28-31H,3-4,6,10-12H2,1-2H3/b13-8+/t17-,18+,20-,22-/m1/s1. The van der Waals surface area contributed by atoms with E-state index in [1.807, 2.05) is 13.0 Å². The molecule has 10 heteroatoms. The van der Waals surface area contributed by atoms with Crippen molar-refractivity contribution < 1.29 is 39.5 Å². The Balaban J connectivity index is 1.86. The Kier molecular flexibility index (Phi) is 8.87. The Morgan fingerprint density at radius 3 is 2.60 bits per heavy atom. The minimum atomic E-state index is -1.09. The molecule has 0 unspecified atom stereocenters. The zero-order valence-corrected chi connectivity index (χ0v) is 21.2. The summed E-state index contributed by atoms with van der Waals surface area (Å²) in [6.45, 7) is 0.972. The highest BCUT2D eigenvalue weighted by molar-refractivity contribution is 9.10. The molecule has 0 spiro atoms. The normalized spacial score (nSPS) is 23.5. The van der Waals surface area contributed by atoms with Gasteiger partial charge in [-0.1, -0.05) is 34.5 Å². The smallest absolute Gasteiger partial charge is 0.423 e. The Hall–Kier alpha value is -2.53.